The molecule has 29 heavy (non-hydrogen) atoms. The molecule has 3 rings (SSSR count). The number of amides is 1. The quantitative estimate of drug-likeness (QED) is 0.651. The molecule has 2 aromatic carbocycles. The van der Waals surface area contributed by atoms with Crippen LogP contribution < -0.4 is 24.4 Å². The summed E-state index contributed by atoms with van der Waals surface area (Å²) in [5.74, 6) is 1.82. The van der Waals surface area contributed by atoms with E-state index in [-0.39, 0.29) is 5.91 Å². The van der Waals surface area contributed by atoms with E-state index in [1.54, 1.807) is 30.5 Å². The van der Waals surface area contributed by atoms with Crippen LogP contribution in [0.1, 0.15) is 10.4 Å². The fraction of sp³-hybridized carbons (Fsp3) is 0.182. The van der Waals surface area contributed by atoms with Gasteiger partial charge in [0.05, 0.1) is 26.9 Å². The van der Waals surface area contributed by atoms with Crippen molar-refractivity contribution >= 4 is 23.1 Å². The standard InChI is InChI=1S/C22H23N3O4/c1-25(17-8-6-5-7-9-17)20-11-10-15(14-23-20)22(26)24-16-12-18(27-2)21(29-4)19(13-16)28-3/h5-14H,1-4H3,(H,24,26). The van der Waals surface area contributed by atoms with Gasteiger partial charge in [-0.1, -0.05) is 18.2 Å². The molecular formula is C22H23N3O4. The van der Waals surface area contributed by atoms with Gasteiger partial charge in [-0.25, -0.2) is 4.98 Å². The van der Waals surface area contributed by atoms with Crippen LogP contribution in [0, 0.1) is 0 Å². The Kier molecular flexibility index (Phi) is 6.19. The number of methoxy groups -OCH3 is 3. The highest BCUT2D eigenvalue weighted by Gasteiger charge is 2.15. The summed E-state index contributed by atoms with van der Waals surface area (Å²) in [4.78, 5) is 19.0. The second-order valence-electron chi connectivity index (χ2n) is 6.17. The van der Waals surface area contributed by atoms with Gasteiger partial charge >= 0.3 is 0 Å². The molecular weight excluding hydrogens is 370 g/mol. The summed E-state index contributed by atoms with van der Waals surface area (Å²) in [7, 11) is 6.50. The molecule has 0 saturated heterocycles. The fourth-order valence-electron chi connectivity index (χ4n) is 2.86. The van der Waals surface area contributed by atoms with E-state index < -0.39 is 0 Å². The highest BCUT2D eigenvalue weighted by molar-refractivity contribution is 6.04. The molecule has 0 aliphatic carbocycles. The first kappa shape index (κ1) is 20.0. The summed E-state index contributed by atoms with van der Waals surface area (Å²) < 4.78 is 15.9. The van der Waals surface area contributed by atoms with Crippen molar-refractivity contribution in [2.45, 2.75) is 0 Å². The lowest BCUT2D eigenvalue weighted by atomic mass is 10.2. The van der Waals surface area contributed by atoms with Gasteiger partial charge in [0.2, 0.25) is 5.75 Å². The topological polar surface area (TPSA) is 72.9 Å². The first-order valence-corrected chi connectivity index (χ1v) is 8.93. The van der Waals surface area contributed by atoms with Gasteiger partial charge in [-0.2, -0.15) is 0 Å². The number of pyridine rings is 1. The maximum atomic E-state index is 12.6. The second kappa shape index (κ2) is 8.97. The highest BCUT2D eigenvalue weighted by atomic mass is 16.5. The SMILES string of the molecule is COc1cc(NC(=O)c2ccc(N(C)c3ccccc3)nc2)cc(OC)c1OC. The van der Waals surface area contributed by atoms with E-state index in [1.165, 1.54) is 21.3 Å². The third-order valence-electron chi connectivity index (χ3n) is 4.42. The minimum atomic E-state index is -0.291. The summed E-state index contributed by atoms with van der Waals surface area (Å²) in [5, 5.41) is 2.83. The molecule has 7 nitrogen and oxygen atoms in total. The third kappa shape index (κ3) is 4.40. The minimum absolute atomic E-state index is 0.291. The van der Waals surface area contributed by atoms with Crippen molar-refractivity contribution in [1.29, 1.82) is 0 Å². The Morgan fingerprint density at radius 3 is 2.10 bits per heavy atom. The molecule has 1 amide bonds. The zero-order valence-electron chi connectivity index (χ0n) is 16.8. The van der Waals surface area contributed by atoms with Gasteiger partial charge in [0, 0.05) is 36.8 Å². The van der Waals surface area contributed by atoms with E-state index >= 15 is 0 Å². The lowest BCUT2D eigenvalue weighted by Gasteiger charge is -2.18. The molecule has 1 aromatic heterocycles. The van der Waals surface area contributed by atoms with Gasteiger partial charge in [-0.15, -0.1) is 0 Å². The summed E-state index contributed by atoms with van der Waals surface area (Å²) in [6.07, 6.45) is 1.54. The summed E-state index contributed by atoms with van der Waals surface area (Å²) in [6, 6.07) is 16.7. The van der Waals surface area contributed by atoms with Gasteiger partial charge < -0.3 is 24.4 Å². The molecule has 1 N–H and O–H groups in total. The van der Waals surface area contributed by atoms with Crippen LogP contribution in [0.15, 0.2) is 60.8 Å². The van der Waals surface area contributed by atoms with Gasteiger partial charge in [-0.3, -0.25) is 4.79 Å². The minimum Gasteiger partial charge on any atom is -0.493 e. The van der Waals surface area contributed by atoms with E-state index in [1.807, 2.05) is 42.3 Å². The zero-order chi connectivity index (χ0) is 20.8. The van der Waals surface area contributed by atoms with Crippen molar-refractivity contribution < 1.29 is 19.0 Å². The van der Waals surface area contributed by atoms with Crippen LogP contribution in [0.2, 0.25) is 0 Å². The molecule has 0 unspecified atom stereocenters. The average molecular weight is 393 g/mol. The summed E-state index contributed by atoms with van der Waals surface area (Å²) in [5.41, 5.74) is 1.97. The molecule has 0 bridgehead atoms. The number of hydrogen-bond acceptors (Lipinski definition) is 6. The second-order valence-corrected chi connectivity index (χ2v) is 6.17. The number of anilines is 3. The zero-order valence-corrected chi connectivity index (χ0v) is 16.8. The molecule has 1 heterocycles. The number of rotatable bonds is 7. The van der Waals surface area contributed by atoms with Crippen molar-refractivity contribution in [1.82, 2.24) is 4.98 Å². The normalized spacial score (nSPS) is 10.2. The van der Waals surface area contributed by atoms with Crippen molar-refractivity contribution in [3.05, 3.63) is 66.4 Å². The molecule has 0 aliphatic heterocycles. The molecule has 0 fully saturated rings. The summed E-state index contributed by atoms with van der Waals surface area (Å²) in [6.45, 7) is 0. The van der Waals surface area contributed by atoms with Crippen LogP contribution in [-0.4, -0.2) is 39.3 Å². The lowest BCUT2D eigenvalue weighted by Crippen LogP contribution is -2.14. The van der Waals surface area contributed by atoms with Gasteiger partial charge in [-0.05, 0) is 24.3 Å². The Morgan fingerprint density at radius 2 is 1.59 bits per heavy atom. The molecule has 0 saturated carbocycles. The lowest BCUT2D eigenvalue weighted by molar-refractivity contribution is 0.102. The maximum absolute atomic E-state index is 12.6. The van der Waals surface area contributed by atoms with Gasteiger partial charge in [0.15, 0.2) is 11.5 Å². The first-order valence-electron chi connectivity index (χ1n) is 8.93. The van der Waals surface area contributed by atoms with Crippen LogP contribution >= 0.6 is 0 Å². The maximum Gasteiger partial charge on any atom is 0.257 e. The van der Waals surface area contributed by atoms with E-state index in [9.17, 15) is 4.79 Å². The highest BCUT2D eigenvalue weighted by Crippen LogP contribution is 2.40. The molecule has 0 spiro atoms. The largest absolute Gasteiger partial charge is 0.493 e. The van der Waals surface area contributed by atoms with E-state index in [4.69, 9.17) is 14.2 Å². The molecule has 3 aromatic rings. The molecule has 150 valence electrons. The molecule has 0 radical (unpaired) electrons. The fourth-order valence-corrected chi connectivity index (χ4v) is 2.86. The molecule has 7 heteroatoms. The Labute approximate surface area is 169 Å². The van der Waals surface area contributed by atoms with Crippen molar-refractivity contribution in [3.8, 4) is 17.2 Å². The average Bonchev–Trinajstić information content (AvgIpc) is 2.78. The van der Waals surface area contributed by atoms with Crippen LogP contribution in [0.25, 0.3) is 0 Å². The first-order chi connectivity index (χ1) is 14.1. The number of carbonyl (C=O) groups excluding carboxylic acids is 1. The van der Waals surface area contributed by atoms with E-state index in [2.05, 4.69) is 10.3 Å². The van der Waals surface area contributed by atoms with Crippen LogP contribution in [0.5, 0.6) is 17.2 Å². The Balaban J connectivity index is 1.78. The van der Waals surface area contributed by atoms with Crippen LogP contribution in [-0.2, 0) is 0 Å². The van der Waals surface area contributed by atoms with Crippen molar-refractivity contribution in [3.63, 3.8) is 0 Å². The third-order valence-corrected chi connectivity index (χ3v) is 4.42. The summed E-state index contributed by atoms with van der Waals surface area (Å²) >= 11 is 0. The van der Waals surface area contributed by atoms with Crippen molar-refractivity contribution in [2.24, 2.45) is 0 Å². The van der Waals surface area contributed by atoms with E-state index in [0.29, 0.717) is 28.5 Å². The van der Waals surface area contributed by atoms with Gasteiger partial charge in [0.1, 0.15) is 5.82 Å². The number of hydrogen-bond donors (Lipinski definition) is 1. The van der Waals surface area contributed by atoms with Gasteiger partial charge in [0.25, 0.3) is 5.91 Å². The van der Waals surface area contributed by atoms with Crippen molar-refractivity contribution in [2.75, 3.05) is 38.6 Å². The number of nitrogens with zero attached hydrogens (tertiary/aromatic N) is 2. The Bertz CT molecular complexity index is 950. The number of carbonyl (C=O) groups is 1. The number of aromatic nitrogens is 1. The molecule has 0 atom stereocenters. The predicted molar refractivity (Wildman–Crippen MR) is 113 cm³/mol. The monoisotopic (exact) mass is 393 g/mol. The van der Waals surface area contributed by atoms with Crippen LogP contribution in [0.4, 0.5) is 17.2 Å². The number of ether oxygens (including phenoxy) is 3. The van der Waals surface area contributed by atoms with E-state index in [0.717, 1.165) is 11.5 Å². The number of nitrogens with one attached hydrogen (secondary N) is 1. The molecule has 0 aliphatic rings. The Hall–Kier alpha value is -3.74. The van der Waals surface area contributed by atoms with Crippen LogP contribution in [0.3, 0.4) is 0 Å². The number of benzene rings is 2. The Morgan fingerprint density at radius 1 is 0.931 bits per heavy atom. The number of para-hydroxylation sites is 1. The smallest absolute Gasteiger partial charge is 0.257 e. The predicted octanol–water partition coefficient (Wildman–Crippen LogP) is 4.13.